The maximum absolute atomic E-state index is 11.8. The average molecular weight is 494 g/mol. The molecule has 0 unspecified atom stereocenters. The van der Waals surface area contributed by atoms with E-state index in [9.17, 15) is 9.59 Å². The van der Waals surface area contributed by atoms with Gasteiger partial charge in [-0.25, -0.2) is 0 Å². The lowest BCUT2D eigenvalue weighted by molar-refractivity contribution is -0.147. The second kappa shape index (κ2) is 12.5. The van der Waals surface area contributed by atoms with Crippen molar-refractivity contribution in [1.29, 1.82) is 0 Å². The molecule has 1 aliphatic heterocycles. The van der Waals surface area contributed by atoms with Crippen LogP contribution in [-0.4, -0.2) is 62.6 Å². The Bertz CT molecular complexity index is 491. The number of ether oxygens (including phenoxy) is 1. The summed E-state index contributed by atoms with van der Waals surface area (Å²) in [4.78, 5) is 29.3. The van der Waals surface area contributed by atoms with Crippen molar-refractivity contribution in [3.05, 3.63) is 0 Å². The number of nitrogens with one attached hydrogen (secondary N) is 2. The molecule has 0 aromatic carbocycles. The fraction of sp³-hybridized carbons (Fsp3) is 0.842. The summed E-state index contributed by atoms with van der Waals surface area (Å²) in [5.74, 6) is 0.600. The van der Waals surface area contributed by atoms with Crippen molar-refractivity contribution in [3.8, 4) is 0 Å². The Hall–Kier alpha value is -0.900. The number of hydrogen-bond acceptors (Lipinski definition) is 4. The number of carbonyl (C=O) groups is 2. The van der Waals surface area contributed by atoms with Gasteiger partial charge in [-0.3, -0.25) is 19.5 Å². The van der Waals surface area contributed by atoms with Crippen LogP contribution in [0.2, 0.25) is 0 Å². The molecule has 0 aromatic heterocycles. The molecule has 1 saturated heterocycles. The van der Waals surface area contributed by atoms with Gasteiger partial charge < -0.3 is 15.4 Å². The third-order valence-electron chi connectivity index (χ3n) is 5.51. The molecule has 1 heterocycles. The SMILES string of the molecule is CCOCCC1(CNC(=NC)NCCN2C(=O)CCCC2=O)CCCC1.I. The van der Waals surface area contributed by atoms with E-state index in [0.717, 1.165) is 32.1 Å². The van der Waals surface area contributed by atoms with Gasteiger partial charge in [0.15, 0.2) is 5.96 Å². The first-order valence-electron chi connectivity index (χ1n) is 9.96. The van der Waals surface area contributed by atoms with Gasteiger partial charge in [-0.2, -0.15) is 0 Å². The second-order valence-corrected chi connectivity index (χ2v) is 7.30. The zero-order valence-corrected chi connectivity index (χ0v) is 19.1. The quantitative estimate of drug-likeness (QED) is 0.169. The van der Waals surface area contributed by atoms with E-state index in [1.165, 1.54) is 30.6 Å². The predicted molar refractivity (Wildman–Crippen MR) is 117 cm³/mol. The normalized spacial score (nSPS) is 19.8. The van der Waals surface area contributed by atoms with E-state index in [1.54, 1.807) is 7.05 Å². The van der Waals surface area contributed by atoms with Gasteiger partial charge in [0.25, 0.3) is 0 Å². The minimum absolute atomic E-state index is 0. The molecule has 0 spiro atoms. The second-order valence-electron chi connectivity index (χ2n) is 7.30. The lowest BCUT2D eigenvalue weighted by Crippen LogP contribution is -2.48. The highest BCUT2D eigenvalue weighted by Crippen LogP contribution is 2.40. The number of rotatable bonds is 9. The van der Waals surface area contributed by atoms with Crippen molar-refractivity contribution in [2.45, 2.75) is 58.3 Å². The van der Waals surface area contributed by atoms with E-state index in [4.69, 9.17) is 4.74 Å². The number of imide groups is 1. The standard InChI is InChI=1S/C19H34N4O3.HI/c1-3-26-14-11-19(9-4-5-10-19)15-22-18(20-2)21-12-13-23-16(24)7-6-8-17(23)25;/h3-15H2,1-2H3,(H2,20,21,22);1H. The molecule has 2 aliphatic rings. The molecule has 8 heteroatoms. The molecule has 0 atom stereocenters. The smallest absolute Gasteiger partial charge is 0.229 e. The van der Waals surface area contributed by atoms with Crippen molar-refractivity contribution in [3.63, 3.8) is 0 Å². The first kappa shape index (κ1) is 24.1. The molecule has 0 aromatic rings. The summed E-state index contributed by atoms with van der Waals surface area (Å²) in [7, 11) is 1.74. The Morgan fingerprint density at radius 1 is 1.15 bits per heavy atom. The first-order chi connectivity index (χ1) is 12.6. The molecule has 27 heavy (non-hydrogen) atoms. The van der Waals surface area contributed by atoms with Crippen molar-refractivity contribution < 1.29 is 14.3 Å². The Morgan fingerprint density at radius 3 is 2.41 bits per heavy atom. The summed E-state index contributed by atoms with van der Waals surface area (Å²) in [5, 5.41) is 6.66. The summed E-state index contributed by atoms with van der Waals surface area (Å²) in [6.45, 7) is 5.39. The van der Waals surface area contributed by atoms with E-state index in [0.29, 0.717) is 32.4 Å². The summed E-state index contributed by atoms with van der Waals surface area (Å²) >= 11 is 0. The largest absolute Gasteiger partial charge is 0.382 e. The van der Waals surface area contributed by atoms with Crippen molar-refractivity contribution in [2.75, 3.05) is 39.9 Å². The van der Waals surface area contributed by atoms with Crippen molar-refractivity contribution >= 4 is 41.8 Å². The first-order valence-corrected chi connectivity index (χ1v) is 9.96. The number of piperidine rings is 1. The van der Waals surface area contributed by atoms with Crippen LogP contribution in [-0.2, 0) is 14.3 Å². The molecule has 1 saturated carbocycles. The van der Waals surface area contributed by atoms with Crippen LogP contribution < -0.4 is 10.6 Å². The fourth-order valence-corrected chi connectivity index (χ4v) is 3.90. The molecule has 2 amide bonds. The lowest BCUT2D eigenvalue weighted by Gasteiger charge is -2.30. The number of likely N-dealkylation sites (tertiary alicyclic amines) is 1. The molecule has 0 bridgehead atoms. The van der Waals surface area contributed by atoms with Crippen molar-refractivity contribution in [2.24, 2.45) is 10.4 Å². The fourth-order valence-electron chi connectivity index (χ4n) is 3.90. The molecule has 1 aliphatic carbocycles. The number of aliphatic imine (C=N–C) groups is 1. The maximum Gasteiger partial charge on any atom is 0.229 e. The highest BCUT2D eigenvalue weighted by molar-refractivity contribution is 14.0. The Balaban J connectivity index is 0.00000364. The molecule has 0 radical (unpaired) electrons. The molecule has 2 fully saturated rings. The summed E-state index contributed by atoms with van der Waals surface area (Å²) < 4.78 is 5.56. The van der Waals surface area contributed by atoms with Gasteiger partial charge in [-0.05, 0) is 38.0 Å². The van der Waals surface area contributed by atoms with Crippen LogP contribution in [0.25, 0.3) is 0 Å². The zero-order chi connectivity index (χ0) is 18.8. The van der Waals surface area contributed by atoms with Crippen LogP contribution in [0.4, 0.5) is 0 Å². The highest BCUT2D eigenvalue weighted by Gasteiger charge is 2.33. The number of nitrogens with zero attached hydrogens (tertiary/aromatic N) is 2. The number of amides is 2. The summed E-state index contributed by atoms with van der Waals surface area (Å²) in [6, 6.07) is 0. The Morgan fingerprint density at radius 2 is 1.81 bits per heavy atom. The minimum atomic E-state index is -0.0631. The summed E-state index contributed by atoms with van der Waals surface area (Å²) in [6.07, 6.45) is 7.69. The van der Waals surface area contributed by atoms with Crippen LogP contribution >= 0.6 is 24.0 Å². The molecule has 156 valence electrons. The number of carbonyl (C=O) groups excluding carboxylic acids is 2. The minimum Gasteiger partial charge on any atom is -0.382 e. The van der Waals surface area contributed by atoms with Gasteiger partial charge in [0.2, 0.25) is 11.8 Å². The van der Waals surface area contributed by atoms with E-state index in [1.807, 2.05) is 6.92 Å². The number of hydrogen-bond donors (Lipinski definition) is 2. The van der Waals surface area contributed by atoms with E-state index < -0.39 is 0 Å². The lowest BCUT2D eigenvalue weighted by atomic mass is 9.83. The van der Waals surface area contributed by atoms with Crippen LogP contribution in [0.15, 0.2) is 4.99 Å². The van der Waals surface area contributed by atoms with Crippen molar-refractivity contribution in [1.82, 2.24) is 15.5 Å². The van der Waals surface area contributed by atoms with Gasteiger partial charge in [-0.1, -0.05) is 12.8 Å². The molecule has 7 nitrogen and oxygen atoms in total. The van der Waals surface area contributed by atoms with Gasteiger partial charge in [-0.15, -0.1) is 24.0 Å². The van der Waals surface area contributed by atoms with Crippen LogP contribution in [0.3, 0.4) is 0 Å². The Labute approximate surface area is 180 Å². The summed E-state index contributed by atoms with van der Waals surface area (Å²) in [5.41, 5.74) is 0.283. The molecule has 2 N–H and O–H groups in total. The Kier molecular flexibility index (Phi) is 11.2. The number of guanidine groups is 1. The van der Waals surface area contributed by atoms with Gasteiger partial charge >= 0.3 is 0 Å². The average Bonchev–Trinajstić information content (AvgIpc) is 3.09. The number of halogens is 1. The third kappa shape index (κ3) is 7.56. The van der Waals surface area contributed by atoms with Crippen LogP contribution in [0.5, 0.6) is 0 Å². The molecular formula is C19H35IN4O3. The van der Waals surface area contributed by atoms with Crippen LogP contribution in [0.1, 0.15) is 58.3 Å². The van der Waals surface area contributed by atoms with E-state index >= 15 is 0 Å². The van der Waals surface area contributed by atoms with E-state index in [-0.39, 0.29) is 41.2 Å². The molecular weight excluding hydrogens is 459 g/mol. The van der Waals surface area contributed by atoms with Gasteiger partial charge in [0.1, 0.15) is 0 Å². The van der Waals surface area contributed by atoms with Gasteiger partial charge in [0.05, 0.1) is 0 Å². The highest BCUT2D eigenvalue weighted by atomic mass is 127. The third-order valence-corrected chi connectivity index (χ3v) is 5.51. The predicted octanol–water partition coefficient (Wildman–Crippen LogP) is 2.30. The van der Waals surface area contributed by atoms with Crippen LogP contribution in [0, 0.1) is 5.41 Å². The monoisotopic (exact) mass is 494 g/mol. The topological polar surface area (TPSA) is 83.0 Å². The van der Waals surface area contributed by atoms with E-state index in [2.05, 4.69) is 15.6 Å². The zero-order valence-electron chi connectivity index (χ0n) is 16.7. The van der Waals surface area contributed by atoms with Gasteiger partial charge in [0, 0.05) is 52.7 Å². The molecule has 2 rings (SSSR count). The maximum atomic E-state index is 11.8.